The van der Waals surface area contributed by atoms with Crippen molar-refractivity contribution in [1.29, 1.82) is 0 Å². The van der Waals surface area contributed by atoms with Gasteiger partial charge in [0.2, 0.25) is 11.8 Å². The molecular formula is C16H15NO2. The molecule has 0 spiro atoms. The zero-order valence-corrected chi connectivity index (χ0v) is 10.7. The molecule has 0 aliphatic carbocycles. The zero-order chi connectivity index (χ0) is 13.4. The topological polar surface area (TPSA) is 46.2 Å². The molecule has 1 aliphatic rings. The molecule has 0 aromatic heterocycles. The van der Waals surface area contributed by atoms with E-state index in [-0.39, 0.29) is 23.7 Å². The highest BCUT2D eigenvalue weighted by Gasteiger charge is 2.34. The predicted octanol–water partition coefficient (Wildman–Crippen LogP) is 2.61. The van der Waals surface area contributed by atoms with Gasteiger partial charge in [-0.2, -0.15) is 0 Å². The Morgan fingerprint density at radius 3 is 2.63 bits per heavy atom. The highest BCUT2D eigenvalue weighted by Crippen LogP contribution is 2.35. The van der Waals surface area contributed by atoms with Crippen LogP contribution in [0.4, 0.5) is 0 Å². The van der Waals surface area contributed by atoms with Crippen molar-refractivity contribution in [3.8, 4) is 0 Å². The molecule has 2 aromatic carbocycles. The summed E-state index contributed by atoms with van der Waals surface area (Å²) in [6, 6.07) is 14.1. The van der Waals surface area contributed by atoms with Crippen molar-refractivity contribution in [3.05, 3.63) is 48.0 Å². The Bertz CT molecular complexity index is 657. The normalized spacial score (nSPS) is 23.4. The van der Waals surface area contributed by atoms with Crippen molar-refractivity contribution in [2.75, 3.05) is 0 Å². The Morgan fingerprint density at radius 1 is 1.05 bits per heavy atom. The molecule has 1 saturated heterocycles. The maximum Gasteiger partial charge on any atom is 0.230 e. The number of amides is 2. The van der Waals surface area contributed by atoms with Crippen LogP contribution in [-0.4, -0.2) is 11.8 Å². The van der Waals surface area contributed by atoms with Crippen molar-refractivity contribution >= 4 is 22.6 Å². The molecule has 96 valence electrons. The van der Waals surface area contributed by atoms with E-state index in [1.165, 1.54) is 0 Å². The van der Waals surface area contributed by atoms with Gasteiger partial charge in [0.25, 0.3) is 0 Å². The van der Waals surface area contributed by atoms with Gasteiger partial charge in [-0.15, -0.1) is 0 Å². The number of imide groups is 1. The van der Waals surface area contributed by atoms with Crippen LogP contribution < -0.4 is 5.32 Å². The van der Waals surface area contributed by atoms with Gasteiger partial charge in [0.15, 0.2) is 0 Å². The van der Waals surface area contributed by atoms with Gasteiger partial charge in [-0.25, -0.2) is 0 Å². The third-order valence-electron chi connectivity index (χ3n) is 3.91. The van der Waals surface area contributed by atoms with Crippen LogP contribution in [0.3, 0.4) is 0 Å². The highest BCUT2D eigenvalue weighted by atomic mass is 16.2. The van der Waals surface area contributed by atoms with Gasteiger partial charge in [0.05, 0.1) is 0 Å². The fraction of sp³-hybridized carbons (Fsp3) is 0.250. The van der Waals surface area contributed by atoms with Gasteiger partial charge in [-0.05, 0) is 16.3 Å². The minimum Gasteiger partial charge on any atom is -0.296 e. The summed E-state index contributed by atoms with van der Waals surface area (Å²) in [5.74, 6) is -0.564. The lowest BCUT2D eigenvalue weighted by atomic mass is 9.79. The van der Waals surface area contributed by atoms with Crippen molar-refractivity contribution in [2.45, 2.75) is 19.3 Å². The average molecular weight is 253 g/mol. The van der Waals surface area contributed by atoms with Crippen molar-refractivity contribution < 1.29 is 9.59 Å². The van der Waals surface area contributed by atoms with Crippen molar-refractivity contribution in [1.82, 2.24) is 5.32 Å². The smallest absolute Gasteiger partial charge is 0.230 e. The van der Waals surface area contributed by atoms with E-state index >= 15 is 0 Å². The molecule has 0 radical (unpaired) electrons. The SMILES string of the molecule is CC1C(=O)NC(=O)CC1c1cccc2ccccc12. The second-order valence-corrected chi connectivity index (χ2v) is 5.08. The first-order valence-corrected chi connectivity index (χ1v) is 6.48. The number of nitrogens with one attached hydrogen (secondary N) is 1. The van der Waals surface area contributed by atoms with E-state index in [1.54, 1.807) is 0 Å². The van der Waals surface area contributed by atoms with Gasteiger partial charge in [-0.1, -0.05) is 49.4 Å². The standard InChI is InChI=1S/C16H15NO2/c1-10-14(9-15(18)17-16(10)19)13-8-4-6-11-5-2-3-7-12(11)13/h2-8,10,14H,9H2,1H3,(H,17,18,19). The van der Waals surface area contributed by atoms with Crippen molar-refractivity contribution in [2.24, 2.45) is 5.92 Å². The molecule has 2 atom stereocenters. The number of benzene rings is 2. The van der Waals surface area contributed by atoms with Crippen LogP contribution in [0.2, 0.25) is 0 Å². The molecule has 2 aromatic rings. The molecule has 1 fully saturated rings. The Labute approximate surface area is 111 Å². The van der Waals surface area contributed by atoms with Crippen LogP contribution in [0.5, 0.6) is 0 Å². The number of piperidine rings is 1. The third-order valence-corrected chi connectivity index (χ3v) is 3.91. The van der Waals surface area contributed by atoms with Crippen LogP contribution in [-0.2, 0) is 9.59 Å². The van der Waals surface area contributed by atoms with E-state index in [0.717, 1.165) is 16.3 Å². The van der Waals surface area contributed by atoms with Crippen LogP contribution in [0.25, 0.3) is 10.8 Å². The first-order chi connectivity index (χ1) is 9.16. The summed E-state index contributed by atoms with van der Waals surface area (Å²) in [4.78, 5) is 23.4. The van der Waals surface area contributed by atoms with Gasteiger partial charge in [0.1, 0.15) is 0 Å². The Kier molecular flexibility index (Phi) is 2.82. The number of fused-ring (bicyclic) bond motifs is 1. The molecule has 2 unspecified atom stereocenters. The molecule has 0 bridgehead atoms. The van der Waals surface area contributed by atoms with E-state index in [4.69, 9.17) is 0 Å². The maximum absolute atomic E-state index is 11.8. The maximum atomic E-state index is 11.8. The molecular weight excluding hydrogens is 238 g/mol. The predicted molar refractivity (Wildman–Crippen MR) is 73.6 cm³/mol. The number of hydrogen-bond acceptors (Lipinski definition) is 2. The van der Waals surface area contributed by atoms with E-state index in [1.807, 2.05) is 49.4 Å². The fourth-order valence-electron chi connectivity index (χ4n) is 2.81. The fourth-order valence-corrected chi connectivity index (χ4v) is 2.81. The molecule has 3 nitrogen and oxygen atoms in total. The minimum atomic E-state index is -0.180. The molecule has 1 heterocycles. The highest BCUT2D eigenvalue weighted by molar-refractivity contribution is 6.00. The number of hydrogen-bond donors (Lipinski definition) is 1. The quantitative estimate of drug-likeness (QED) is 0.794. The lowest BCUT2D eigenvalue weighted by Crippen LogP contribution is -2.43. The van der Waals surface area contributed by atoms with Crippen molar-refractivity contribution in [3.63, 3.8) is 0 Å². The summed E-state index contributed by atoms with van der Waals surface area (Å²) in [5.41, 5.74) is 1.09. The van der Waals surface area contributed by atoms with E-state index < -0.39 is 0 Å². The van der Waals surface area contributed by atoms with Gasteiger partial charge in [0, 0.05) is 18.3 Å². The van der Waals surface area contributed by atoms with Crippen LogP contribution in [0, 0.1) is 5.92 Å². The number of rotatable bonds is 1. The van der Waals surface area contributed by atoms with Crippen LogP contribution in [0.15, 0.2) is 42.5 Å². The third kappa shape index (κ3) is 2.01. The molecule has 1 N–H and O–H groups in total. The Balaban J connectivity index is 2.13. The summed E-state index contributed by atoms with van der Waals surface area (Å²) in [6.45, 7) is 1.88. The monoisotopic (exact) mass is 253 g/mol. The lowest BCUT2D eigenvalue weighted by molar-refractivity contribution is -0.136. The van der Waals surface area contributed by atoms with Crippen LogP contribution in [0.1, 0.15) is 24.8 Å². The Morgan fingerprint density at radius 2 is 1.79 bits per heavy atom. The average Bonchev–Trinajstić information content (AvgIpc) is 2.42. The van der Waals surface area contributed by atoms with E-state index in [2.05, 4.69) is 5.32 Å². The number of carbonyl (C=O) groups is 2. The first-order valence-electron chi connectivity index (χ1n) is 6.48. The molecule has 1 aliphatic heterocycles. The second kappa shape index (κ2) is 4.50. The Hall–Kier alpha value is -2.16. The molecule has 19 heavy (non-hydrogen) atoms. The summed E-state index contributed by atoms with van der Waals surface area (Å²) >= 11 is 0. The molecule has 3 heteroatoms. The summed E-state index contributed by atoms with van der Waals surface area (Å²) in [5, 5.41) is 4.67. The largest absolute Gasteiger partial charge is 0.296 e. The van der Waals surface area contributed by atoms with Gasteiger partial charge < -0.3 is 0 Å². The van der Waals surface area contributed by atoms with E-state index in [9.17, 15) is 9.59 Å². The minimum absolute atomic E-state index is 0.0349. The summed E-state index contributed by atoms with van der Waals surface area (Å²) in [6.07, 6.45) is 0.376. The summed E-state index contributed by atoms with van der Waals surface area (Å²) in [7, 11) is 0. The van der Waals surface area contributed by atoms with Crippen LogP contribution >= 0.6 is 0 Å². The molecule has 3 rings (SSSR count). The number of carbonyl (C=O) groups excluding carboxylic acids is 2. The lowest BCUT2D eigenvalue weighted by Gasteiger charge is -2.28. The summed E-state index contributed by atoms with van der Waals surface area (Å²) < 4.78 is 0. The first kappa shape index (κ1) is 11.9. The zero-order valence-electron chi connectivity index (χ0n) is 10.7. The second-order valence-electron chi connectivity index (χ2n) is 5.08. The molecule has 0 saturated carbocycles. The molecule has 2 amide bonds. The van der Waals surface area contributed by atoms with Gasteiger partial charge in [-0.3, -0.25) is 14.9 Å². The van der Waals surface area contributed by atoms with E-state index in [0.29, 0.717) is 6.42 Å². The van der Waals surface area contributed by atoms with Gasteiger partial charge >= 0.3 is 0 Å².